The van der Waals surface area contributed by atoms with Crippen LogP contribution in [0.3, 0.4) is 0 Å². The van der Waals surface area contributed by atoms with Gasteiger partial charge in [-0.05, 0) is 5.56 Å². The van der Waals surface area contributed by atoms with Gasteiger partial charge in [-0.1, -0.05) is 30.3 Å². The number of benzene rings is 1. The summed E-state index contributed by atoms with van der Waals surface area (Å²) < 4.78 is 45.0. The molecule has 3 N–H and O–H groups in total. The zero-order chi connectivity index (χ0) is 33.3. The summed E-state index contributed by atoms with van der Waals surface area (Å²) in [5, 5.41) is 24.3. The first-order valence-corrected chi connectivity index (χ1v) is 14.1. The summed E-state index contributed by atoms with van der Waals surface area (Å²) in [6, 6.07) is 7.80. The van der Waals surface area contributed by atoms with Crippen LogP contribution in [0.5, 0.6) is 0 Å². The second-order valence-corrected chi connectivity index (χ2v) is 10.4. The number of ether oxygens (including phenoxy) is 8. The molecule has 2 heterocycles. The van der Waals surface area contributed by atoms with Crippen molar-refractivity contribution < 1.29 is 72.1 Å². The Kier molecular flexibility index (Phi) is 13.2. The van der Waals surface area contributed by atoms with Gasteiger partial charge in [-0.15, -0.1) is 0 Å². The molecule has 2 aliphatic heterocycles. The van der Waals surface area contributed by atoms with Crippen molar-refractivity contribution in [1.29, 1.82) is 0 Å². The maximum atomic E-state index is 12.2. The zero-order valence-electron chi connectivity index (χ0n) is 25.5. The number of hydrogen-bond acceptors (Lipinski definition) is 15. The van der Waals surface area contributed by atoms with Gasteiger partial charge in [0, 0.05) is 34.6 Å². The fourth-order valence-electron chi connectivity index (χ4n) is 4.97. The van der Waals surface area contributed by atoms with Crippen LogP contribution in [-0.4, -0.2) is 115 Å². The van der Waals surface area contributed by atoms with Gasteiger partial charge in [0.05, 0.1) is 13.2 Å². The summed E-state index contributed by atoms with van der Waals surface area (Å²) >= 11 is 0. The lowest BCUT2D eigenvalue weighted by atomic mass is 9.95. The summed E-state index contributed by atoms with van der Waals surface area (Å²) in [4.78, 5) is 60.0. The van der Waals surface area contributed by atoms with Crippen molar-refractivity contribution in [1.82, 2.24) is 5.32 Å². The Bertz CT molecular complexity index is 1180. The van der Waals surface area contributed by atoms with Gasteiger partial charge in [0.2, 0.25) is 5.91 Å². The van der Waals surface area contributed by atoms with E-state index in [2.05, 4.69) is 5.32 Å². The Morgan fingerprint density at radius 3 is 1.89 bits per heavy atom. The number of nitrogens with one attached hydrogen (secondary N) is 1. The Labute approximate surface area is 259 Å². The van der Waals surface area contributed by atoms with Crippen molar-refractivity contribution >= 4 is 29.8 Å². The van der Waals surface area contributed by atoms with Gasteiger partial charge in [0.15, 0.2) is 30.9 Å². The smallest absolute Gasteiger partial charge is 0.303 e. The molecule has 1 aromatic rings. The predicted octanol–water partition coefficient (Wildman–Crippen LogP) is -0.746. The highest BCUT2D eigenvalue weighted by molar-refractivity contribution is 5.73. The standard InChI is InChI=1S/C29H39NO15/c1-14(32)30-22-23(37)24(20(11-31)43-28(22)39-12-19-9-7-6-8-10-19)45-29-27(42-18(5)36)26(41-17(4)35)25(40-16(3)34)21(44-29)13-38-15(2)33/h6-10,20-29,31,37H,11-13H2,1-5H3,(H,30,32). The van der Waals surface area contributed by atoms with E-state index in [4.69, 9.17) is 37.9 Å². The molecule has 10 unspecified atom stereocenters. The molecule has 0 bridgehead atoms. The number of carbonyl (C=O) groups excluding carboxylic acids is 5. The van der Waals surface area contributed by atoms with Crippen LogP contribution in [-0.2, 0) is 68.5 Å². The number of amides is 1. The molecular weight excluding hydrogens is 602 g/mol. The Morgan fingerprint density at radius 1 is 0.756 bits per heavy atom. The summed E-state index contributed by atoms with van der Waals surface area (Å²) in [7, 11) is 0. The van der Waals surface area contributed by atoms with Gasteiger partial charge in [0.1, 0.15) is 37.1 Å². The minimum absolute atomic E-state index is 0.0394. The molecule has 16 nitrogen and oxygen atoms in total. The minimum atomic E-state index is -1.68. The second kappa shape index (κ2) is 16.6. The topological polar surface area (TPSA) is 212 Å². The maximum Gasteiger partial charge on any atom is 0.303 e. The molecule has 10 atom stereocenters. The van der Waals surface area contributed by atoms with E-state index < -0.39 is 104 Å². The molecular formula is C29H39NO15. The molecule has 2 fully saturated rings. The fraction of sp³-hybridized carbons (Fsp3) is 0.621. The molecule has 0 radical (unpaired) electrons. The summed E-state index contributed by atoms with van der Waals surface area (Å²) in [5.74, 6) is -3.77. The third kappa shape index (κ3) is 10.2. The van der Waals surface area contributed by atoms with Crippen molar-refractivity contribution in [3.63, 3.8) is 0 Å². The molecule has 0 aromatic heterocycles. The van der Waals surface area contributed by atoms with Crippen LogP contribution in [0.25, 0.3) is 0 Å². The highest BCUT2D eigenvalue weighted by Gasteiger charge is 2.55. The SMILES string of the molecule is CC(=O)NC1C(OCc2ccccc2)OC(CO)C(OC2OC(COC(C)=O)C(OC(C)=O)C(OC(C)=O)C2OC(C)=O)C1O. The molecule has 1 amide bonds. The Morgan fingerprint density at radius 2 is 1.33 bits per heavy atom. The third-order valence-electron chi connectivity index (χ3n) is 6.72. The predicted molar refractivity (Wildman–Crippen MR) is 147 cm³/mol. The summed E-state index contributed by atoms with van der Waals surface area (Å²) in [6.45, 7) is 4.38. The van der Waals surface area contributed by atoms with E-state index in [9.17, 15) is 34.2 Å². The monoisotopic (exact) mass is 641 g/mol. The first-order chi connectivity index (χ1) is 21.3. The van der Waals surface area contributed by atoms with E-state index in [1.165, 1.54) is 6.92 Å². The number of rotatable bonds is 12. The third-order valence-corrected chi connectivity index (χ3v) is 6.72. The average molecular weight is 642 g/mol. The maximum absolute atomic E-state index is 12.2. The Hall–Kier alpha value is -3.67. The minimum Gasteiger partial charge on any atom is -0.463 e. The van der Waals surface area contributed by atoms with E-state index in [-0.39, 0.29) is 6.61 Å². The lowest BCUT2D eigenvalue weighted by molar-refractivity contribution is -0.350. The van der Waals surface area contributed by atoms with Crippen molar-refractivity contribution in [3.05, 3.63) is 35.9 Å². The highest BCUT2D eigenvalue weighted by atomic mass is 16.8. The van der Waals surface area contributed by atoms with Crippen molar-refractivity contribution in [2.45, 2.75) is 103 Å². The van der Waals surface area contributed by atoms with Crippen LogP contribution in [0.4, 0.5) is 0 Å². The number of aliphatic hydroxyl groups excluding tert-OH is 2. The van der Waals surface area contributed by atoms with E-state index >= 15 is 0 Å². The van der Waals surface area contributed by atoms with Gasteiger partial charge >= 0.3 is 23.9 Å². The van der Waals surface area contributed by atoms with E-state index in [1.54, 1.807) is 24.3 Å². The van der Waals surface area contributed by atoms with Crippen LogP contribution in [0.15, 0.2) is 30.3 Å². The van der Waals surface area contributed by atoms with Crippen molar-refractivity contribution in [2.24, 2.45) is 0 Å². The summed E-state index contributed by atoms with van der Waals surface area (Å²) in [6.07, 6.45) is -13.1. The lowest BCUT2D eigenvalue weighted by Crippen LogP contribution is -2.68. The van der Waals surface area contributed by atoms with Crippen LogP contribution in [0.2, 0.25) is 0 Å². The number of carbonyl (C=O) groups is 5. The van der Waals surface area contributed by atoms with Crippen LogP contribution >= 0.6 is 0 Å². The molecule has 2 aliphatic rings. The fourth-order valence-corrected chi connectivity index (χ4v) is 4.97. The average Bonchev–Trinajstić information content (AvgIpc) is 2.96. The number of hydrogen-bond donors (Lipinski definition) is 3. The first-order valence-electron chi connectivity index (χ1n) is 14.1. The second-order valence-electron chi connectivity index (χ2n) is 10.4. The van der Waals surface area contributed by atoms with Crippen molar-refractivity contribution in [2.75, 3.05) is 13.2 Å². The highest BCUT2D eigenvalue weighted by Crippen LogP contribution is 2.33. The lowest BCUT2D eigenvalue weighted by Gasteiger charge is -2.48. The van der Waals surface area contributed by atoms with E-state index in [0.29, 0.717) is 0 Å². The molecule has 16 heteroatoms. The molecule has 45 heavy (non-hydrogen) atoms. The normalized spacial score (nSPS) is 31.3. The van der Waals surface area contributed by atoms with Gasteiger partial charge in [-0.2, -0.15) is 0 Å². The molecule has 0 saturated carbocycles. The van der Waals surface area contributed by atoms with Crippen molar-refractivity contribution in [3.8, 4) is 0 Å². The molecule has 250 valence electrons. The quantitative estimate of drug-likeness (QED) is 0.189. The largest absolute Gasteiger partial charge is 0.463 e. The van der Waals surface area contributed by atoms with Gasteiger partial charge in [-0.25, -0.2) is 0 Å². The molecule has 0 aliphatic carbocycles. The van der Waals surface area contributed by atoms with E-state index in [0.717, 1.165) is 33.3 Å². The Balaban J connectivity index is 1.96. The van der Waals surface area contributed by atoms with Crippen LogP contribution < -0.4 is 5.32 Å². The number of aliphatic hydroxyl groups is 2. The van der Waals surface area contributed by atoms with Gasteiger partial charge in [0.25, 0.3) is 0 Å². The molecule has 0 spiro atoms. The zero-order valence-corrected chi connectivity index (χ0v) is 25.5. The summed E-state index contributed by atoms with van der Waals surface area (Å²) in [5.41, 5.74) is 0.772. The first kappa shape index (κ1) is 35.8. The molecule has 1 aromatic carbocycles. The van der Waals surface area contributed by atoms with Gasteiger partial charge in [-0.3, -0.25) is 24.0 Å². The molecule has 2 saturated heterocycles. The van der Waals surface area contributed by atoms with Crippen LogP contribution in [0, 0.1) is 0 Å². The van der Waals surface area contributed by atoms with Gasteiger partial charge < -0.3 is 53.4 Å². The van der Waals surface area contributed by atoms with Crippen LogP contribution in [0.1, 0.15) is 40.2 Å². The number of esters is 4. The molecule has 3 rings (SSSR count). The van der Waals surface area contributed by atoms with E-state index in [1.807, 2.05) is 6.07 Å².